The average Bonchev–Trinajstić information content (AvgIpc) is 2.70. The summed E-state index contributed by atoms with van der Waals surface area (Å²) in [7, 11) is 0. The zero-order chi connectivity index (χ0) is 14.0. The highest BCUT2D eigenvalue weighted by Crippen LogP contribution is 2.26. The Kier molecular flexibility index (Phi) is 4.07. The molecule has 2 rings (SSSR count). The third kappa shape index (κ3) is 3.24. The van der Waals surface area contributed by atoms with E-state index in [1.165, 1.54) is 23.5 Å². The minimum absolute atomic E-state index is 0.298. The van der Waals surface area contributed by atoms with Crippen LogP contribution in [0.3, 0.4) is 0 Å². The fourth-order valence-electron chi connectivity index (χ4n) is 1.62. The Hall–Kier alpha value is -1.59. The topological polar surface area (TPSA) is 49.3 Å². The first-order chi connectivity index (χ1) is 8.97. The Balaban J connectivity index is 2.12. The van der Waals surface area contributed by atoms with Gasteiger partial charge in [0, 0.05) is 11.4 Å². The molecule has 1 heterocycles. The summed E-state index contributed by atoms with van der Waals surface area (Å²) in [5, 5.41) is 12.3. The molecule has 100 valence electrons. The zero-order valence-electron chi connectivity index (χ0n) is 10.0. The molecule has 1 aromatic carbocycles. The first kappa shape index (κ1) is 13.8. The fraction of sp³-hybridized carbons (Fsp3) is 0.154. The van der Waals surface area contributed by atoms with Crippen LogP contribution in [0.4, 0.5) is 10.1 Å². The van der Waals surface area contributed by atoms with Crippen LogP contribution in [-0.4, -0.2) is 11.1 Å². The average molecular weight is 300 g/mol. The molecule has 0 radical (unpaired) electrons. The van der Waals surface area contributed by atoms with Crippen molar-refractivity contribution in [3.05, 3.63) is 50.4 Å². The predicted octanol–water partition coefficient (Wildman–Crippen LogP) is 4.16. The molecule has 0 saturated carbocycles. The van der Waals surface area contributed by atoms with Gasteiger partial charge in [0.05, 0.1) is 10.7 Å². The number of benzene rings is 1. The quantitative estimate of drug-likeness (QED) is 0.891. The van der Waals surface area contributed by atoms with Gasteiger partial charge in [-0.2, -0.15) is 0 Å². The summed E-state index contributed by atoms with van der Waals surface area (Å²) in [5.41, 5.74) is 1.51. The summed E-state index contributed by atoms with van der Waals surface area (Å²) in [6, 6.07) is 5.73. The summed E-state index contributed by atoms with van der Waals surface area (Å²) in [6.45, 7) is 2.31. The number of carbonyl (C=O) groups is 1. The van der Waals surface area contributed by atoms with Gasteiger partial charge in [-0.05, 0) is 36.8 Å². The van der Waals surface area contributed by atoms with Gasteiger partial charge in [0.25, 0.3) is 0 Å². The van der Waals surface area contributed by atoms with E-state index in [-0.39, 0.29) is 0 Å². The highest BCUT2D eigenvalue weighted by Gasteiger charge is 2.11. The minimum Gasteiger partial charge on any atom is -0.477 e. The standard InChI is InChI=1S/C13H11ClFNO2S/c1-7-8(4-12(19-7)13(17)18)6-16-11-3-2-9(15)5-10(11)14/h2-5,16H,6H2,1H3,(H,17,18). The van der Waals surface area contributed by atoms with Crippen LogP contribution in [0, 0.1) is 12.7 Å². The molecular weight excluding hydrogens is 289 g/mol. The molecule has 0 bridgehead atoms. The van der Waals surface area contributed by atoms with Crippen LogP contribution in [0.15, 0.2) is 24.3 Å². The number of halogens is 2. The van der Waals surface area contributed by atoms with Crippen LogP contribution in [0.25, 0.3) is 0 Å². The van der Waals surface area contributed by atoms with E-state index < -0.39 is 11.8 Å². The van der Waals surface area contributed by atoms with Gasteiger partial charge in [0.1, 0.15) is 10.7 Å². The van der Waals surface area contributed by atoms with Gasteiger partial charge in [-0.1, -0.05) is 11.6 Å². The van der Waals surface area contributed by atoms with Gasteiger partial charge in [-0.3, -0.25) is 0 Å². The molecule has 0 spiro atoms. The molecule has 0 atom stereocenters. The SMILES string of the molecule is Cc1sc(C(=O)O)cc1CNc1ccc(F)cc1Cl. The molecule has 6 heteroatoms. The third-order valence-corrected chi connectivity index (χ3v) is 4.03. The molecule has 19 heavy (non-hydrogen) atoms. The second kappa shape index (κ2) is 5.59. The van der Waals surface area contributed by atoms with Gasteiger partial charge < -0.3 is 10.4 Å². The smallest absolute Gasteiger partial charge is 0.345 e. The van der Waals surface area contributed by atoms with Crippen molar-refractivity contribution in [1.82, 2.24) is 0 Å². The Morgan fingerprint density at radius 2 is 2.21 bits per heavy atom. The molecule has 0 unspecified atom stereocenters. The molecule has 0 aliphatic carbocycles. The van der Waals surface area contributed by atoms with Crippen LogP contribution in [0.5, 0.6) is 0 Å². The lowest BCUT2D eigenvalue weighted by Crippen LogP contribution is -2.00. The van der Waals surface area contributed by atoms with Crippen LogP contribution in [-0.2, 0) is 6.54 Å². The number of nitrogens with one attached hydrogen (secondary N) is 1. The monoisotopic (exact) mass is 299 g/mol. The molecule has 2 aromatic rings. The third-order valence-electron chi connectivity index (χ3n) is 2.63. The molecule has 2 N–H and O–H groups in total. The van der Waals surface area contributed by atoms with E-state index in [1.807, 2.05) is 6.92 Å². The van der Waals surface area contributed by atoms with Crippen molar-refractivity contribution in [2.45, 2.75) is 13.5 Å². The second-order valence-electron chi connectivity index (χ2n) is 3.97. The first-order valence-electron chi connectivity index (χ1n) is 5.49. The summed E-state index contributed by atoms with van der Waals surface area (Å²) in [4.78, 5) is 12.1. The van der Waals surface area contributed by atoms with Crippen molar-refractivity contribution in [1.29, 1.82) is 0 Å². The Morgan fingerprint density at radius 3 is 2.79 bits per heavy atom. The second-order valence-corrected chi connectivity index (χ2v) is 5.64. The van der Waals surface area contributed by atoms with Crippen LogP contribution < -0.4 is 5.32 Å². The molecule has 3 nitrogen and oxygen atoms in total. The molecule has 1 aromatic heterocycles. The number of aryl methyl sites for hydroxylation is 1. The maximum absolute atomic E-state index is 12.9. The number of hydrogen-bond donors (Lipinski definition) is 2. The Bertz CT molecular complexity index is 627. The van der Waals surface area contributed by atoms with E-state index in [4.69, 9.17) is 16.7 Å². The number of carboxylic acid groups (broad SMARTS) is 1. The molecule has 0 amide bonds. The molecule has 0 fully saturated rings. The molecule has 0 aliphatic rings. The molecule has 0 saturated heterocycles. The van der Waals surface area contributed by atoms with Crippen molar-refractivity contribution < 1.29 is 14.3 Å². The van der Waals surface area contributed by atoms with Gasteiger partial charge in [-0.25, -0.2) is 9.18 Å². The lowest BCUT2D eigenvalue weighted by Gasteiger charge is -2.08. The fourth-order valence-corrected chi connectivity index (χ4v) is 2.74. The van der Waals surface area contributed by atoms with E-state index in [9.17, 15) is 9.18 Å². The van der Waals surface area contributed by atoms with Gasteiger partial charge in [-0.15, -0.1) is 11.3 Å². The van der Waals surface area contributed by atoms with Crippen molar-refractivity contribution in [3.8, 4) is 0 Å². The summed E-state index contributed by atoms with van der Waals surface area (Å²) >= 11 is 7.13. The van der Waals surface area contributed by atoms with Crippen LogP contribution in [0.2, 0.25) is 5.02 Å². The molecule has 0 aliphatic heterocycles. The van der Waals surface area contributed by atoms with E-state index in [0.717, 1.165) is 10.4 Å². The zero-order valence-corrected chi connectivity index (χ0v) is 11.6. The van der Waals surface area contributed by atoms with E-state index in [0.29, 0.717) is 22.1 Å². The van der Waals surface area contributed by atoms with Crippen molar-refractivity contribution >= 4 is 34.6 Å². The van der Waals surface area contributed by atoms with E-state index in [2.05, 4.69) is 5.32 Å². The van der Waals surface area contributed by atoms with Crippen molar-refractivity contribution in [2.75, 3.05) is 5.32 Å². The van der Waals surface area contributed by atoms with Crippen LogP contribution >= 0.6 is 22.9 Å². The first-order valence-corrected chi connectivity index (χ1v) is 6.68. The number of aromatic carboxylic acids is 1. The highest BCUT2D eigenvalue weighted by molar-refractivity contribution is 7.14. The lowest BCUT2D eigenvalue weighted by atomic mass is 10.2. The van der Waals surface area contributed by atoms with Gasteiger partial charge in [0.2, 0.25) is 0 Å². The minimum atomic E-state index is -0.931. The van der Waals surface area contributed by atoms with E-state index in [1.54, 1.807) is 12.1 Å². The Labute approximate surface area is 118 Å². The number of hydrogen-bond acceptors (Lipinski definition) is 3. The summed E-state index contributed by atoms with van der Waals surface area (Å²) < 4.78 is 12.9. The maximum Gasteiger partial charge on any atom is 0.345 e. The van der Waals surface area contributed by atoms with Gasteiger partial charge in [0.15, 0.2) is 0 Å². The maximum atomic E-state index is 12.9. The highest BCUT2D eigenvalue weighted by atomic mass is 35.5. The number of rotatable bonds is 4. The normalized spacial score (nSPS) is 10.5. The summed E-state index contributed by atoms with van der Waals surface area (Å²) in [5.74, 6) is -1.32. The largest absolute Gasteiger partial charge is 0.477 e. The number of carboxylic acids is 1. The predicted molar refractivity (Wildman–Crippen MR) is 74.8 cm³/mol. The number of thiophene rings is 1. The Morgan fingerprint density at radius 1 is 1.47 bits per heavy atom. The summed E-state index contributed by atoms with van der Waals surface area (Å²) in [6.07, 6.45) is 0. The number of anilines is 1. The van der Waals surface area contributed by atoms with Crippen LogP contribution in [0.1, 0.15) is 20.1 Å². The molecular formula is C13H11ClFNO2S. The van der Waals surface area contributed by atoms with Crippen molar-refractivity contribution in [3.63, 3.8) is 0 Å². The van der Waals surface area contributed by atoms with Crippen molar-refractivity contribution in [2.24, 2.45) is 0 Å². The van der Waals surface area contributed by atoms with Gasteiger partial charge >= 0.3 is 5.97 Å². The van der Waals surface area contributed by atoms with E-state index >= 15 is 0 Å². The lowest BCUT2D eigenvalue weighted by molar-refractivity contribution is 0.0702.